The summed E-state index contributed by atoms with van der Waals surface area (Å²) in [5.74, 6) is 0. The zero-order valence-electron chi connectivity index (χ0n) is 6.65. The van der Waals surface area contributed by atoms with Crippen LogP contribution in [0.3, 0.4) is 0 Å². The molecule has 0 saturated carbocycles. The van der Waals surface area contributed by atoms with Gasteiger partial charge in [-0.1, -0.05) is 0 Å². The standard InChI is InChI=1S/C7H9N5/c1-12-4-5(2-10-12)7-6(8)3-9-11-7/h2-4H,8H2,1H3,(H,9,11). The van der Waals surface area contributed by atoms with Crippen LogP contribution in [0.4, 0.5) is 5.69 Å². The fraction of sp³-hybridized carbons (Fsp3) is 0.143. The second-order valence-corrected chi connectivity index (χ2v) is 2.60. The van der Waals surface area contributed by atoms with Crippen LogP contribution in [0.25, 0.3) is 11.3 Å². The van der Waals surface area contributed by atoms with Gasteiger partial charge in [0.25, 0.3) is 0 Å². The highest BCUT2D eigenvalue weighted by Crippen LogP contribution is 2.20. The van der Waals surface area contributed by atoms with Crippen molar-refractivity contribution in [1.82, 2.24) is 20.0 Å². The molecule has 0 atom stereocenters. The molecule has 2 aromatic heterocycles. The van der Waals surface area contributed by atoms with E-state index in [0.717, 1.165) is 11.3 Å². The lowest BCUT2D eigenvalue weighted by Crippen LogP contribution is -1.86. The lowest BCUT2D eigenvalue weighted by molar-refractivity contribution is 0.768. The molecule has 0 bridgehead atoms. The van der Waals surface area contributed by atoms with Crippen molar-refractivity contribution in [1.29, 1.82) is 0 Å². The van der Waals surface area contributed by atoms with Crippen molar-refractivity contribution >= 4 is 5.69 Å². The van der Waals surface area contributed by atoms with Gasteiger partial charge in [0.15, 0.2) is 0 Å². The SMILES string of the molecule is Cn1cc(-c2[nH]ncc2N)cn1. The maximum absolute atomic E-state index is 5.65. The molecule has 62 valence electrons. The van der Waals surface area contributed by atoms with E-state index < -0.39 is 0 Å². The Morgan fingerprint density at radius 1 is 1.50 bits per heavy atom. The van der Waals surface area contributed by atoms with E-state index in [-0.39, 0.29) is 0 Å². The predicted octanol–water partition coefficient (Wildman–Crippen LogP) is 0.392. The normalized spacial score (nSPS) is 10.4. The molecule has 0 saturated heterocycles. The molecule has 0 aliphatic carbocycles. The number of hydrogen-bond acceptors (Lipinski definition) is 3. The average molecular weight is 163 g/mol. The number of aromatic nitrogens is 4. The largest absolute Gasteiger partial charge is 0.396 e. The molecule has 0 amide bonds. The maximum atomic E-state index is 5.65. The number of nitrogens with one attached hydrogen (secondary N) is 1. The van der Waals surface area contributed by atoms with Gasteiger partial charge in [0.1, 0.15) is 0 Å². The third kappa shape index (κ3) is 0.952. The summed E-state index contributed by atoms with van der Waals surface area (Å²) in [4.78, 5) is 0. The van der Waals surface area contributed by atoms with Crippen LogP contribution in [-0.4, -0.2) is 20.0 Å². The topological polar surface area (TPSA) is 72.5 Å². The fourth-order valence-corrected chi connectivity index (χ4v) is 1.08. The minimum absolute atomic E-state index is 0.642. The Hall–Kier alpha value is -1.78. The first-order valence-corrected chi connectivity index (χ1v) is 3.55. The van der Waals surface area contributed by atoms with Crippen LogP contribution in [0, 0.1) is 0 Å². The number of nitrogen functional groups attached to an aromatic ring is 1. The number of rotatable bonds is 1. The molecule has 0 aliphatic heterocycles. The molecule has 0 radical (unpaired) electrons. The molecule has 0 spiro atoms. The van der Waals surface area contributed by atoms with Gasteiger partial charge in [-0.2, -0.15) is 10.2 Å². The summed E-state index contributed by atoms with van der Waals surface area (Å²) in [6.07, 6.45) is 5.20. The molecule has 0 aliphatic rings. The maximum Gasteiger partial charge on any atom is 0.0911 e. The average Bonchev–Trinajstić information content (AvgIpc) is 2.58. The minimum Gasteiger partial charge on any atom is -0.396 e. The van der Waals surface area contributed by atoms with E-state index in [2.05, 4.69) is 15.3 Å². The first-order valence-electron chi connectivity index (χ1n) is 3.55. The molecule has 2 aromatic rings. The van der Waals surface area contributed by atoms with E-state index in [1.165, 1.54) is 0 Å². The highest BCUT2D eigenvalue weighted by atomic mass is 15.2. The molecular formula is C7H9N5. The minimum atomic E-state index is 0.642. The zero-order valence-corrected chi connectivity index (χ0v) is 6.65. The number of hydrogen-bond donors (Lipinski definition) is 2. The zero-order chi connectivity index (χ0) is 8.55. The Labute approximate surface area is 69.2 Å². The summed E-state index contributed by atoms with van der Waals surface area (Å²) in [7, 11) is 1.86. The van der Waals surface area contributed by atoms with Crippen LogP contribution >= 0.6 is 0 Å². The van der Waals surface area contributed by atoms with Crippen LogP contribution in [0.15, 0.2) is 18.6 Å². The van der Waals surface area contributed by atoms with Gasteiger partial charge in [-0.3, -0.25) is 9.78 Å². The number of aryl methyl sites for hydroxylation is 1. The van der Waals surface area contributed by atoms with Crippen LogP contribution in [-0.2, 0) is 7.05 Å². The van der Waals surface area contributed by atoms with Gasteiger partial charge in [0.05, 0.1) is 23.8 Å². The van der Waals surface area contributed by atoms with E-state index in [1.54, 1.807) is 17.1 Å². The second-order valence-electron chi connectivity index (χ2n) is 2.60. The lowest BCUT2D eigenvalue weighted by atomic mass is 10.2. The van der Waals surface area contributed by atoms with Gasteiger partial charge >= 0.3 is 0 Å². The van der Waals surface area contributed by atoms with Crippen molar-refractivity contribution in [2.24, 2.45) is 7.05 Å². The summed E-state index contributed by atoms with van der Waals surface area (Å²) in [6.45, 7) is 0. The van der Waals surface area contributed by atoms with Crippen molar-refractivity contribution in [2.75, 3.05) is 5.73 Å². The van der Waals surface area contributed by atoms with Crippen molar-refractivity contribution in [3.63, 3.8) is 0 Å². The molecule has 0 fully saturated rings. The Balaban J connectivity index is 2.50. The van der Waals surface area contributed by atoms with Crippen LogP contribution in [0.2, 0.25) is 0 Å². The molecule has 3 N–H and O–H groups in total. The van der Waals surface area contributed by atoms with Crippen LogP contribution in [0.1, 0.15) is 0 Å². The highest BCUT2D eigenvalue weighted by Gasteiger charge is 2.05. The smallest absolute Gasteiger partial charge is 0.0911 e. The number of anilines is 1. The summed E-state index contributed by atoms with van der Waals surface area (Å²) in [5, 5.41) is 10.7. The van der Waals surface area contributed by atoms with Gasteiger partial charge in [-0.05, 0) is 0 Å². The van der Waals surface area contributed by atoms with Crippen molar-refractivity contribution in [2.45, 2.75) is 0 Å². The molecule has 2 heterocycles. The van der Waals surface area contributed by atoms with E-state index >= 15 is 0 Å². The monoisotopic (exact) mass is 163 g/mol. The van der Waals surface area contributed by atoms with Gasteiger partial charge in [-0.15, -0.1) is 0 Å². The number of aromatic amines is 1. The fourth-order valence-electron chi connectivity index (χ4n) is 1.08. The third-order valence-electron chi connectivity index (χ3n) is 1.66. The van der Waals surface area contributed by atoms with Crippen molar-refractivity contribution in [3.05, 3.63) is 18.6 Å². The van der Waals surface area contributed by atoms with Gasteiger partial charge < -0.3 is 5.73 Å². The van der Waals surface area contributed by atoms with Crippen LogP contribution < -0.4 is 5.73 Å². The Morgan fingerprint density at radius 2 is 2.33 bits per heavy atom. The van der Waals surface area contributed by atoms with Crippen LogP contribution in [0.5, 0.6) is 0 Å². The number of nitrogens with two attached hydrogens (primary N) is 1. The first-order chi connectivity index (χ1) is 5.77. The summed E-state index contributed by atoms with van der Waals surface area (Å²) < 4.78 is 1.72. The Bertz CT molecular complexity index is 386. The molecule has 0 unspecified atom stereocenters. The predicted molar refractivity (Wildman–Crippen MR) is 45.2 cm³/mol. The second kappa shape index (κ2) is 2.37. The third-order valence-corrected chi connectivity index (χ3v) is 1.66. The van der Waals surface area contributed by atoms with E-state index in [4.69, 9.17) is 5.73 Å². The van der Waals surface area contributed by atoms with E-state index in [1.807, 2.05) is 13.2 Å². The quantitative estimate of drug-likeness (QED) is 0.638. The Morgan fingerprint density at radius 3 is 2.83 bits per heavy atom. The van der Waals surface area contributed by atoms with Crippen molar-refractivity contribution < 1.29 is 0 Å². The summed E-state index contributed by atoms with van der Waals surface area (Å²) >= 11 is 0. The summed E-state index contributed by atoms with van der Waals surface area (Å²) in [6, 6.07) is 0. The highest BCUT2D eigenvalue weighted by molar-refractivity contribution is 5.70. The molecule has 5 heteroatoms. The Kier molecular flexibility index (Phi) is 1.36. The number of H-pyrrole nitrogens is 1. The van der Waals surface area contributed by atoms with Crippen molar-refractivity contribution in [3.8, 4) is 11.3 Å². The first kappa shape index (κ1) is 6.90. The van der Waals surface area contributed by atoms with E-state index in [9.17, 15) is 0 Å². The van der Waals surface area contributed by atoms with E-state index in [0.29, 0.717) is 5.69 Å². The van der Waals surface area contributed by atoms with Gasteiger partial charge in [0, 0.05) is 18.8 Å². The van der Waals surface area contributed by atoms with Gasteiger partial charge in [-0.25, -0.2) is 0 Å². The van der Waals surface area contributed by atoms with Gasteiger partial charge in [0.2, 0.25) is 0 Å². The summed E-state index contributed by atoms with van der Waals surface area (Å²) in [5.41, 5.74) is 8.07. The molecule has 5 nitrogen and oxygen atoms in total. The molecular weight excluding hydrogens is 154 g/mol. The lowest BCUT2D eigenvalue weighted by Gasteiger charge is -1.91. The number of nitrogens with zero attached hydrogens (tertiary/aromatic N) is 3. The molecule has 12 heavy (non-hydrogen) atoms. The molecule has 0 aromatic carbocycles. The molecule has 2 rings (SSSR count).